The second-order valence-corrected chi connectivity index (χ2v) is 12.1. The number of phenolic OH excluding ortho intramolecular Hbond substituents is 2. The molecule has 2 saturated heterocycles. The Hall–Kier alpha value is -5.17. The highest BCUT2D eigenvalue weighted by Gasteiger charge is 2.67. The highest BCUT2D eigenvalue weighted by atomic mass is 16.7. The predicted octanol–water partition coefficient (Wildman–Crippen LogP) is 0.760. The van der Waals surface area contributed by atoms with E-state index in [4.69, 9.17) is 47.4 Å². The van der Waals surface area contributed by atoms with Crippen molar-refractivity contribution in [3.05, 3.63) is 18.2 Å². The molecule has 1 aromatic rings. The van der Waals surface area contributed by atoms with Crippen LogP contribution in [0.3, 0.4) is 0 Å². The highest BCUT2D eigenvalue weighted by molar-refractivity contribution is 5.70. The number of phenols is 2. The van der Waals surface area contributed by atoms with Crippen LogP contribution in [-0.2, 0) is 76.2 Å². The van der Waals surface area contributed by atoms with Gasteiger partial charge in [0.2, 0.25) is 18.1 Å². The molecule has 2 heterocycles. The van der Waals surface area contributed by atoms with E-state index in [0.717, 1.165) is 54.5 Å². The number of para-hydroxylation sites is 1. The summed E-state index contributed by atoms with van der Waals surface area (Å²) in [4.78, 5) is 87.0. The van der Waals surface area contributed by atoms with Crippen molar-refractivity contribution in [2.24, 2.45) is 5.92 Å². The van der Waals surface area contributed by atoms with Crippen molar-refractivity contribution in [2.45, 2.75) is 110 Å². The minimum absolute atomic E-state index is 0.369. The zero-order valence-corrected chi connectivity index (χ0v) is 29.7. The Morgan fingerprint density at radius 1 is 0.635 bits per heavy atom. The zero-order valence-electron chi connectivity index (χ0n) is 29.7. The molecule has 2 aliphatic heterocycles. The number of aromatic hydroxyl groups is 2. The number of esters is 7. The number of carbonyl (C=O) groups excluding carboxylic acids is 7. The topological polar surface area (TPSA) is 252 Å². The van der Waals surface area contributed by atoms with Gasteiger partial charge >= 0.3 is 41.8 Å². The number of ether oxygens (including phenoxy) is 10. The zero-order chi connectivity index (χ0) is 39.1. The van der Waals surface area contributed by atoms with E-state index in [2.05, 4.69) is 0 Å². The van der Waals surface area contributed by atoms with Gasteiger partial charge in [0.25, 0.3) is 0 Å². The van der Waals surface area contributed by atoms with Crippen LogP contribution in [0.2, 0.25) is 0 Å². The minimum atomic E-state index is -2.13. The molecule has 19 nitrogen and oxygen atoms in total. The maximum absolute atomic E-state index is 12.8. The fraction of sp³-hybridized carbons (Fsp3) is 0.606. The fourth-order valence-electron chi connectivity index (χ4n) is 6.20. The lowest BCUT2D eigenvalue weighted by molar-refractivity contribution is -0.343. The van der Waals surface area contributed by atoms with Crippen LogP contribution in [0.15, 0.2) is 18.2 Å². The molecule has 2 N–H and O–H groups in total. The first-order chi connectivity index (χ1) is 24.2. The first kappa shape index (κ1) is 41.3. The lowest BCUT2D eigenvalue weighted by Gasteiger charge is -2.57. The van der Waals surface area contributed by atoms with Crippen molar-refractivity contribution in [1.82, 2.24) is 0 Å². The smallest absolute Gasteiger partial charge is 0.303 e. The molecule has 1 aromatic carbocycles. The third-order valence-electron chi connectivity index (χ3n) is 7.90. The molecule has 2 fully saturated rings. The molecular formula is C33H42O19. The van der Waals surface area contributed by atoms with Crippen LogP contribution in [0.25, 0.3) is 0 Å². The Morgan fingerprint density at radius 3 is 1.63 bits per heavy atom. The number of benzene rings is 1. The average molecular weight is 743 g/mol. The van der Waals surface area contributed by atoms with Crippen molar-refractivity contribution in [2.75, 3.05) is 13.2 Å². The van der Waals surface area contributed by atoms with E-state index < -0.39 is 127 Å². The van der Waals surface area contributed by atoms with Gasteiger partial charge in [0.15, 0.2) is 35.9 Å². The molecule has 288 valence electrons. The van der Waals surface area contributed by atoms with Crippen molar-refractivity contribution in [1.29, 1.82) is 0 Å². The standard InChI is InChI=1S/C33H42O19/c1-14(34)43-12-23-25(28(46-17(4)37)30(48-19(6)39)32(51-23)50-22-11-9-10-21(41)26(22)42)33(8)31(49-20(7)40)29(47-18(5)38)27(45-16(3)36)24(52-33)13-44-15(2)35/h9-11,23-25,27-32,41-42H,12-13H2,1-8H3/t23-,24-,25-,27-,28+,29+,30-,31-,32-,33+/m1/s1. The van der Waals surface area contributed by atoms with Gasteiger partial charge in [-0.25, -0.2) is 0 Å². The van der Waals surface area contributed by atoms with E-state index in [1.54, 1.807) is 0 Å². The maximum Gasteiger partial charge on any atom is 0.303 e. The highest BCUT2D eigenvalue weighted by Crippen LogP contribution is 2.48. The van der Waals surface area contributed by atoms with E-state index >= 15 is 0 Å². The summed E-state index contributed by atoms with van der Waals surface area (Å²) in [6.45, 7) is 7.33. The molecule has 0 aromatic heterocycles. The Labute approximate surface area is 297 Å². The first-order valence-electron chi connectivity index (χ1n) is 15.9. The van der Waals surface area contributed by atoms with Crippen molar-refractivity contribution in [3.63, 3.8) is 0 Å². The summed E-state index contributed by atoms with van der Waals surface area (Å²) in [7, 11) is 0. The van der Waals surface area contributed by atoms with Gasteiger partial charge < -0.3 is 57.6 Å². The van der Waals surface area contributed by atoms with Gasteiger partial charge in [-0.1, -0.05) is 6.07 Å². The molecule has 0 spiro atoms. The van der Waals surface area contributed by atoms with E-state index in [-0.39, 0.29) is 5.75 Å². The Balaban J connectivity index is 2.36. The quantitative estimate of drug-likeness (QED) is 0.170. The molecule has 0 radical (unpaired) electrons. The molecule has 0 saturated carbocycles. The Morgan fingerprint density at radius 2 is 1.12 bits per heavy atom. The monoisotopic (exact) mass is 742 g/mol. The fourth-order valence-corrected chi connectivity index (χ4v) is 6.20. The molecule has 0 bridgehead atoms. The van der Waals surface area contributed by atoms with Crippen LogP contribution in [-0.4, -0.2) is 120 Å². The SMILES string of the molecule is CC(=O)OC[C@H]1O[C@@](C)([C@H]2[C@H](OC(C)=O)[C@@H](OC(C)=O)[C@H](Oc3cccc(O)c3O)O[C@@H]2COC(C)=O)[C@H](OC(C)=O)[C@@H](OC(C)=O)[C@@H]1OC(C)=O. The van der Waals surface area contributed by atoms with E-state index in [9.17, 15) is 43.8 Å². The molecule has 52 heavy (non-hydrogen) atoms. The van der Waals surface area contributed by atoms with Gasteiger partial charge in [0.05, 0.1) is 5.92 Å². The largest absolute Gasteiger partial charge is 0.504 e. The third kappa shape index (κ3) is 10.2. The molecule has 10 atom stereocenters. The van der Waals surface area contributed by atoms with Crippen LogP contribution in [0.1, 0.15) is 55.4 Å². The molecule has 3 rings (SSSR count). The summed E-state index contributed by atoms with van der Waals surface area (Å²) in [6, 6.07) is 3.70. The second-order valence-electron chi connectivity index (χ2n) is 12.1. The van der Waals surface area contributed by atoms with Crippen LogP contribution in [0.5, 0.6) is 17.2 Å². The van der Waals surface area contributed by atoms with Crippen LogP contribution < -0.4 is 4.74 Å². The third-order valence-corrected chi connectivity index (χ3v) is 7.90. The van der Waals surface area contributed by atoms with Gasteiger partial charge in [-0.15, -0.1) is 0 Å². The van der Waals surface area contributed by atoms with Crippen LogP contribution in [0, 0.1) is 5.92 Å². The Kier molecular flexibility index (Phi) is 13.8. The van der Waals surface area contributed by atoms with Crippen molar-refractivity contribution in [3.8, 4) is 17.2 Å². The molecule has 0 aliphatic carbocycles. The van der Waals surface area contributed by atoms with Gasteiger partial charge in [-0.05, 0) is 19.1 Å². The summed E-state index contributed by atoms with van der Waals surface area (Å²) in [5.74, 6) is -9.48. The molecule has 19 heteroatoms. The lowest BCUT2D eigenvalue weighted by Crippen LogP contribution is -2.75. The Bertz CT molecular complexity index is 1520. The summed E-state index contributed by atoms with van der Waals surface area (Å²) >= 11 is 0. The summed E-state index contributed by atoms with van der Waals surface area (Å²) in [5.41, 5.74) is -2.13. The van der Waals surface area contributed by atoms with Crippen LogP contribution in [0.4, 0.5) is 0 Å². The van der Waals surface area contributed by atoms with E-state index in [1.165, 1.54) is 19.1 Å². The summed E-state index contributed by atoms with van der Waals surface area (Å²) < 4.78 is 57.2. The van der Waals surface area contributed by atoms with Gasteiger partial charge in [-0.2, -0.15) is 0 Å². The van der Waals surface area contributed by atoms with Gasteiger partial charge in [0.1, 0.15) is 31.0 Å². The summed E-state index contributed by atoms with van der Waals surface area (Å²) in [5, 5.41) is 20.6. The number of rotatable bonds is 12. The second kappa shape index (κ2) is 17.4. The average Bonchev–Trinajstić information content (AvgIpc) is 3.01. The number of carbonyl (C=O) groups is 7. The number of hydrogen-bond acceptors (Lipinski definition) is 19. The van der Waals surface area contributed by atoms with E-state index in [0.29, 0.717) is 0 Å². The van der Waals surface area contributed by atoms with Gasteiger partial charge in [0, 0.05) is 48.5 Å². The molecule has 2 aliphatic rings. The van der Waals surface area contributed by atoms with Gasteiger partial charge in [-0.3, -0.25) is 33.6 Å². The predicted molar refractivity (Wildman–Crippen MR) is 167 cm³/mol. The first-order valence-corrected chi connectivity index (χ1v) is 15.9. The maximum atomic E-state index is 12.8. The lowest BCUT2D eigenvalue weighted by atomic mass is 9.70. The summed E-state index contributed by atoms with van der Waals surface area (Å²) in [6.07, 6.45) is -13.3. The van der Waals surface area contributed by atoms with Crippen LogP contribution >= 0.6 is 0 Å². The minimum Gasteiger partial charge on any atom is -0.504 e. The molecule has 0 amide bonds. The normalized spacial score (nSPS) is 29.7. The van der Waals surface area contributed by atoms with Crippen molar-refractivity contribution < 1.29 is 91.1 Å². The molecular weight excluding hydrogens is 700 g/mol. The molecule has 0 unspecified atom stereocenters. The van der Waals surface area contributed by atoms with Crippen molar-refractivity contribution >= 4 is 41.8 Å². The van der Waals surface area contributed by atoms with E-state index in [1.807, 2.05) is 0 Å². The number of hydrogen-bond donors (Lipinski definition) is 2.